The highest BCUT2D eigenvalue weighted by molar-refractivity contribution is 8.00. The Hall–Kier alpha value is -1.39. The highest BCUT2D eigenvalue weighted by Gasteiger charge is 2.34. The highest BCUT2D eigenvalue weighted by Crippen LogP contribution is 2.44. The van der Waals surface area contributed by atoms with Crippen molar-refractivity contribution in [2.75, 3.05) is 6.61 Å². The predicted molar refractivity (Wildman–Crippen MR) is 74.4 cm³/mol. The minimum Gasteiger partial charge on any atom is -0.389 e. The molecule has 2 aromatic rings. The van der Waals surface area contributed by atoms with E-state index >= 15 is 0 Å². The Morgan fingerprint density at radius 3 is 1.68 bits per heavy atom. The van der Waals surface area contributed by atoms with Gasteiger partial charge in [-0.3, -0.25) is 0 Å². The number of rotatable bonds is 5. The molecule has 0 saturated heterocycles. The number of aliphatic hydroxyl groups is 1. The molecule has 100 valence electrons. The molecule has 0 unspecified atom stereocenters. The molecule has 0 amide bonds. The molecular formula is C15H14F2OS. The van der Waals surface area contributed by atoms with Gasteiger partial charge in [-0.15, -0.1) is 0 Å². The van der Waals surface area contributed by atoms with Gasteiger partial charge in [-0.1, -0.05) is 72.4 Å². The summed E-state index contributed by atoms with van der Waals surface area (Å²) in [6, 6.07) is 18.3. The zero-order valence-corrected chi connectivity index (χ0v) is 11.0. The fourth-order valence-electron chi connectivity index (χ4n) is 1.79. The van der Waals surface area contributed by atoms with Gasteiger partial charge < -0.3 is 5.11 Å². The van der Waals surface area contributed by atoms with Gasteiger partial charge in [-0.2, -0.15) is 8.78 Å². The smallest absolute Gasteiger partial charge is 0.317 e. The van der Waals surface area contributed by atoms with Crippen LogP contribution in [0, 0.1) is 0 Å². The Morgan fingerprint density at radius 2 is 1.32 bits per heavy atom. The monoisotopic (exact) mass is 280 g/mol. The van der Waals surface area contributed by atoms with E-state index < -0.39 is 17.1 Å². The fraction of sp³-hybridized carbons (Fsp3) is 0.200. The third-order valence-electron chi connectivity index (χ3n) is 2.68. The number of hydrogen-bond acceptors (Lipinski definition) is 2. The normalized spacial score (nSPS) is 11.8. The van der Waals surface area contributed by atoms with Crippen molar-refractivity contribution in [3.63, 3.8) is 0 Å². The van der Waals surface area contributed by atoms with E-state index in [0.29, 0.717) is 11.8 Å². The Morgan fingerprint density at radius 1 is 0.895 bits per heavy atom. The van der Waals surface area contributed by atoms with Gasteiger partial charge in [0.15, 0.2) is 0 Å². The van der Waals surface area contributed by atoms with E-state index in [2.05, 4.69) is 0 Å². The van der Waals surface area contributed by atoms with Crippen LogP contribution in [0.1, 0.15) is 16.4 Å². The first-order valence-electron chi connectivity index (χ1n) is 5.89. The molecule has 0 bridgehead atoms. The van der Waals surface area contributed by atoms with Crippen LogP contribution in [0.15, 0.2) is 60.7 Å². The molecule has 19 heavy (non-hydrogen) atoms. The lowest BCUT2D eigenvalue weighted by molar-refractivity contribution is 0.0359. The summed E-state index contributed by atoms with van der Waals surface area (Å²) in [6.45, 7) is -1.16. The van der Waals surface area contributed by atoms with Crippen LogP contribution < -0.4 is 0 Å². The second-order valence-corrected chi connectivity index (χ2v) is 5.42. The minimum absolute atomic E-state index is 0.470. The first-order valence-corrected chi connectivity index (χ1v) is 6.77. The third kappa shape index (κ3) is 3.78. The predicted octanol–water partition coefficient (Wildman–Crippen LogP) is 4.09. The van der Waals surface area contributed by atoms with Crippen molar-refractivity contribution in [3.8, 4) is 0 Å². The zero-order chi connectivity index (χ0) is 13.7. The average molecular weight is 280 g/mol. The van der Waals surface area contributed by atoms with E-state index in [9.17, 15) is 8.78 Å². The van der Waals surface area contributed by atoms with Crippen LogP contribution in [0.3, 0.4) is 0 Å². The van der Waals surface area contributed by atoms with Gasteiger partial charge in [0.2, 0.25) is 0 Å². The van der Waals surface area contributed by atoms with Gasteiger partial charge in [0.1, 0.15) is 6.61 Å². The first-order chi connectivity index (χ1) is 9.12. The summed E-state index contributed by atoms with van der Waals surface area (Å²) in [4.78, 5) is 0. The summed E-state index contributed by atoms with van der Waals surface area (Å²) < 4.78 is 27.0. The molecule has 0 heterocycles. The highest BCUT2D eigenvalue weighted by atomic mass is 32.2. The first kappa shape index (κ1) is 14.0. The van der Waals surface area contributed by atoms with Crippen LogP contribution in [0.2, 0.25) is 0 Å². The number of hydrogen-bond donors (Lipinski definition) is 1. The molecule has 0 radical (unpaired) electrons. The molecule has 1 N–H and O–H groups in total. The van der Waals surface area contributed by atoms with Gasteiger partial charge in [-0.25, -0.2) is 0 Å². The molecular weight excluding hydrogens is 266 g/mol. The second-order valence-electron chi connectivity index (χ2n) is 4.11. The van der Waals surface area contributed by atoms with Crippen molar-refractivity contribution in [1.82, 2.24) is 0 Å². The van der Waals surface area contributed by atoms with E-state index in [0.717, 1.165) is 11.1 Å². The van der Waals surface area contributed by atoms with Crippen molar-refractivity contribution in [3.05, 3.63) is 71.8 Å². The standard InChI is InChI=1S/C15H14F2OS/c16-15(17,11-18)19-14(12-7-3-1-4-8-12)13-9-5-2-6-10-13/h1-10,14,18H,11H2. The topological polar surface area (TPSA) is 20.2 Å². The van der Waals surface area contributed by atoms with Crippen LogP contribution in [0.25, 0.3) is 0 Å². The average Bonchev–Trinajstić information content (AvgIpc) is 2.47. The van der Waals surface area contributed by atoms with Crippen LogP contribution in [-0.2, 0) is 0 Å². The van der Waals surface area contributed by atoms with Gasteiger partial charge in [-0.05, 0) is 11.1 Å². The van der Waals surface area contributed by atoms with Crippen LogP contribution >= 0.6 is 11.8 Å². The molecule has 1 nitrogen and oxygen atoms in total. The SMILES string of the molecule is OCC(F)(F)SC(c1ccccc1)c1ccccc1. The molecule has 2 rings (SSSR count). The lowest BCUT2D eigenvalue weighted by Crippen LogP contribution is -2.18. The summed E-state index contributed by atoms with van der Waals surface area (Å²) in [6.07, 6.45) is 0. The molecule has 0 spiro atoms. The maximum Gasteiger partial charge on any atom is 0.317 e. The lowest BCUT2D eigenvalue weighted by Gasteiger charge is -2.22. The fourth-order valence-corrected chi connectivity index (χ4v) is 2.80. The largest absolute Gasteiger partial charge is 0.389 e. The third-order valence-corrected chi connectivity index (χ3v) is 3.93. The molecule has 4 heteroatoms. The van der Waals surface area contributed by atoms with Gasteiger partial charge in [0, 0.05) is 0 Å². The van der Waals surface area contributed by atoms with Crippen molar-refractivity contribution < 1.29 is 13.9 Å². The lowest BCUT2D eigenvalue weighted by atomic mass is 10.0. The quantitative estimate of drug-likeness (QED) is 0.890. The molecule has 0 atom stereocenters. The van der Waals surface area contributed by atoms with E-state index in [1.807, 2.05) is 60.7 Å². The van der Waals surface area contributed by atoms with Gasteiger partial charge >= 0.3 is 5.25 Å². The number of aliphatic hydroxyl groups excluding tert-OH is 1. The summed E-state index contributed by atoms with van der Waals surface area (Å²) in [7, 11) is 0. The maximum absolute atomic E-state index is 13.5. The van der Waals surface area contributed by atoms with E-state index in [4.69, 9.17) is 5.11 Å². The van der Waals surface area contributed by atoms with Crippen molar-refractivity contribution in [2.24, 2.45) is 0 Å². The zero-order valence-electron chi connectivity index (χ0n) is 10.2. The van der Waals surface area contributed by atoms with Gasteiger partial charge in [0.05, 0.1) is 5.25 Å². The molecule has 0 fully saturated rings. The van der Waals surface area contributed by atoms with E-state index in [1.165, 1.54) is 0 Å². The Bertz CT molecular complexity index is 463. The van der Waals surface area contributed by atoms with Crippen LogP contribution in [0.4, 0.5) is 8.78 Å². The Kier molecular flexibility index (Phi) is 4.56. The second kappa shape index (κ2) is 6.17. The number of alkyl halides is 2. The Labute approximate surface area is 115 Å². The molecule has 0 aliphatic carbocycles. The van der Waals surface area contributed by atoms with Crippen molar-refractivity contribution in [2.45, 2.75) is 10.5 Å². The summed E-state index contributed by atoms with van der Waals surface area (Å²) in [5.41, 5.74) is 1.60. The molecule has 2 aromatic carbocycles. The molecule has 0 aliphatic rings. The van der Waals surface area contributed by atoms with Crippen molar-refractivity contribution >= 4 is 11.8 Å². The van der Waals surface area contributed by atoms with Crippen molar-refractivity contribution in [1.29, 1.82) is 0 Å². The van der Waals surface area contributed by atoms with E-state index in [-0.39, 0.29) is 0 Å². The number of benzene rings is 2. The number of thioether (sulfide) groups is 1. The van der Waals surface area contributed by atoms with E-state index in [1.54, 1.807) is 0 Å². The summed E-state index contributed by atoms with van der Waals surface area (Å²) in [5.74, 6) is 0. The van der Waals surface area contributed by atoms with Gasteiger partial charge in [0.25, 0.3) is 0 Å². The van der Waals surface area contributed by atoms with Crippen LogP contribution in [-0.4, -0.2) is 17.0 Å². The molecule has 0 aromatic heterocycles. The summed E-state index contributed by atoms with van der Waals surface area (Å²) >= 11 is 0.470. The maximum atomic E-state index is 13.5. The number of halogens is 2. The molecule has 0 saturated carbocycles. The summed E-state index contributed by atoms with van der Waals surface area (Å²) in [5, 5.41) is 5.11. The Balaban J connectivity index is 2.35. The minimum atomic E-state index is -3.16. The molecule has 0 aliphatic heterocycles. The van der Waals surface area contributed by atoms with Crippen LogP contribution in [0.5, 0.6) is 0 Å².